The Balaban J connectivity index is 2.44. The molecular formula is C17H25ClN2O. The van der Waals surface area contributed by atoms with E-state index in [9.17, 15) is 0 Å². The Morgan fingerprint density at radius 1 is 1.29 bits per heavy atom. The molecule has 0 bridgehead atoms. The van der Waals surface area contributed by atoms with Crippen molar-refractivity contribution in [2.24, 2.45) is 11.8 Å². The lowest BCUT2D eigenvalue weighted by atomic mass is 9.98. The SMILES string of the molecule is CCCOc1cccc2c1nc(CCl)n2CC(C)C(C)C. The first kappa shape index (κ1) is 16.2. The van der Waals surface area contributed by atoms with Gasteiger partial charge >= 0.3 is 0 Å². The van der Waals surface area contributed by atoms with Crippen molar-refractivity contribution < 1.29 is 4.74 Å². The van der Waals surface area contributed by atoms with E-state index in [4.69, 9.17) is 21.3 Å². The van der Waals surface area contributed by atoms with Gasteiger partial charge in [0.25, 0.3) is 0 Å². The summed E-state index contributed by atoms with van der Waals surface area (Å²) in [4.78, 5) is 4.70. The van der Waals surface area contributed by atoms with Crippen molar-refractivity contribution in [2.45, 2.75) is 46.5 Å². The highest BCUT2D eigenvalue weighted by Gasteiger charge is 2.17. The molecule has 116 valence electrons. The summed E-state index contributed by atoms with van der Waals surface area (Å²) in [7, 11) is 0. The van der Waals surface area contributed by atoms with E-state index in [1.165, 1.54) is 0 Å². The Kier molecular flexibility index (Phi) is 5.51. The van der Waals surface area contributed by atoms with Gasteiger partial charge in [0.15, 0.2) is 0 Å². The van der Waals surface area contributed by atoms with E-state index < -0.39 is 0 Å². The highest BCUT2D eigenvalue weighted by molar-refractivity contribution is 6.16. The largest absolute Gasteiger partial charge is 0.491 e. The molecule has 0 saturated heterocycles. The number of alkyl halides is 1. The average Bonchev–Trinajstić information content (AvgIpc) is 2.83. The van der Waals surface area contributed by atoms with Crippen molar-refractivity contribution in [2.75, 3.05) is 6.61 Å². The Labute approximate surface area is 132 Å². The molecule has 0 saturated carbocycles. The molecule has 3 nitrogen and oxygen atoms in total. The number of hydrogen-bond acceptors (Lipinski definition) is 2. The van der Waals surface area contributed by atoms with Crippen molar-refractivity contribution in [1.82, 2.24) is 9.55 Å². The van der Waals surface area contributed by atoms with E-state index in [1.807, 2.05) is 12.1 Å². The molecule has 4 heteroatoms. The molecule has 1 aromatic carbocycles. The van der Waals surface area contributed by atoms with E-state index in [-0.39, 0.29) is 0 Å². The van der Waals surface area contributed by atoms with E-state index in [0.29, 0.717) is 24.3 Å². The molecule has 2 rings (SSSR count). The number of ether oxygens (including phenoxy) is 1. The van der Waals surface area contributed by atoms with Gasteiger partial charge in [-0.2, -0.15) is 0 Å². The molecule has 21 heavy (non-hydrogen) atoms. The Bertz CT molecular complexity index is 592. The molecule has 0 amide bonds. The molecule has 1 unspecified atom stereocenters. The Morgan fingerprint density at radius 3 is 2.67 bits per heavy atom. The van der Waals surface area contributed by atoms with Gasteiger partial charge in [0.1, 0.15) is 17.1 Å². The third-order valence-corrected chi connectivity index (χ3v) is 4.25. The number of fused-ring (bicyclic) bond motifs is 1. The highest BCUT2D eigenvalue weighted by atomic mass is 35.5. The first-order valence-corrected chi connectivity index (χ1v) is 8.28. The number of rotatable bonds is 7. The predicted octanol–water partition coefficient (Wildman–Crippen LogP) is 4.86. The van der Waals surface area contributed by atoms with Crippen LogP contribution in [-0.2, 0) is 12.4 Å². The monoisotopic (exact) mass is 308 g/mol. The third kappa shape index (κ3) is 3.52. The van der Waals surface area contributed by atoms with Gasteiger partial charge in [-0.3, -0.25) is 0 Å². The smallest absolute Gasteiger partial charge is 0.147 e. The van der Waals surface area contributed by atoms with Gasteiger partial charge in [-0.1, -0.05) is 33.8 Å². The second-order valence-electron chi connectivity index (χ2n) is 5.97. The number of aromatic nitrogens is 2. The normalized spacial score (nSPS) is 13.0. The molecule has 1 aromatic heterocycles. The molecule has 0 N–H and O–H groups in total. The summed E-state index contributed by atoms with van der Waals surface area (Å²) in [6.45, 7) is 10.5. The molecule has 1 heterocycles. The van der Waals surface area contributed by atoms with Gasteiger partial charge in [0, 0.05) is 6.54 Å². The topological polar surface area (TPSA) is 27.1 Å². The second kappa shape index (κ2) is 7.17. The fraction of sp³-hybridized carbons (Fsp3) is 0.588. The van der Waals surface area contributed by atoms with Crippen molar-refractivity contribution in [3.63, 3.8) is 0 Å². The minimum atomic E-state index is 0.423. The standard InChI is InChI=1S/C17H25ClN2O/c1-5-9-21-15-8-6-7-14-17(15)19-16(10-18)20(14)11-13(4)12(2)3/h6-8,12-13H,5,9-11H2,1-4H3. The highest BCUT2D eigenvalue weighted by Crippen LogP contribution is 2.28. The van der Waals surface area contributed by atoms with Crippen LogP contribution in [0.1, 0.15) is 39.9 Å². The van der Waals surface area contributed by atoms with E-state index >= 15 is 0 Å². The van der Waals surface area contributed by atoms with Gasteiger partial charge in [-0.25, -0.2) is 4.98 Å². The first-order chi connectivity index (χ1) is 10.1. The van der Waals surface area contributed by atoms with Crippen LogP contribution in [0.15, 0.2) is 18.2 Å². The van der Waals surface area contributed by atoms with Crippen LogP contribution in [0.3, 0.4) is 0 Å². The average molecular weight is 309 g/mol. The molecule has 0 aliphatic rings. The Morgan fingerprint density at radius 2 is 2.05 bits per heavy atom. The number of para-hydroxylation sites is 1. The summed E-state index contributed by atoms with van der Waals surface area (Å²) in [5.41, 5.74) is 2.05. The Hall–Kier alpha value is -1.22. The summed E-state index contributed by atoms with van der Waals surface area (Å²) in [5.74, 6) is 3.41. The minimum absolute atomic E-state index is 0.423. The fourth-order valence-corrected chi connectivity index (χ4v) is 2.51. The molecule has 0 aliphatic carbocycles. The van der Waals surface area contributed by atoms with E-state index in [1.54, 1.807) is 0 Å². The summed E-state index contributed by atoms with van der Waals surface area (Å²) >= 11 is 6.10. The van der Waals surface area contributed by atoms with Gasteiger partial charge in [-0.15, -0.1) is 11.6 Å². The minimum Gasteiger partial charge on any atom is -0.491 e. The van der Waals surface area contributed by atoms with E-state index in [2.05, 4.69) is 38.3 Å². The lowest BCUT2D eigenvalue weighted by Gasteiger charge is -2.18. The van der Waals surface area contributed by atoms with Gasteiger partial charge < -0.3 is 9.30 Å². The van der Waals surface area contributed by atoms with Crippen molar-refractivity contribution in [3.05, 3.63) is 24.0 Å². The number of benzene rings is 1. The van der Waals surface area contributed by atoms with Crippen LogP contribution in [0.25, 0.3) is 11.0 Å². The fourth-order valence-electron chi connectivity index (χ4n) is 2.30. The van der Waals surface area contributed by atoms with Crippen LogP contribution in [0, 0.1) is 11.8 Å². The number of hydrogen-bond donors (Lipinski definition) is 0. The van der Waals surface area contributed by atoms with Crippen LogP contribution in [0.5, 0.6) is 5.75 Å². The molecule has 0 spiro atoms. The zero-order valence-electron chi connectivity index (χ0n) is 13.4. The molecule has 0 radical (unpaired) electrons. The lowest BCUT2D eigenvalue weighted by Crippen LogP contribution is -2.14. The molecule has 1 atom stereocenters. The number of halogens is 1. The van der Waals surface area contributed by atoms with Crippen LogP contribution < -0.4 is 4.74 Å². The zero-order valence-corrected chi connectivity index (χ0v) is 14.2. The summed E-state index contributed by atoms with van der Waals surface area (Å²) in [5, 5.41) is 0. The molecular weight excluding hydrogens is 284 g/mol. The van der Waals surface area contributed by atoms with Gasteiger partial charge in [0.2, 0.25) is 0 Å². The van der Waals surface area contributed by atoms with E-state index in [0.717, 1.165) is 35.6 Å². The first-order valence-electron chi connectivity index (χ1n) is 7.75. The van der Waals surface area contributed by atoms with Crippen LogP contribution >= 0.6 is 11.6 Å². The second-order valence-corrected chi connectivity index (χ2v) is 6.23. The van der Waals surface area contributed by atoms with Gasteiger partial charge in [0.05, 0.1) is 18.0 Å². The van der Waals surface area contributed by atoms with Gasteiger partial charge in [-0.05, 0) is 30.4 Å². The summed E-state index contributed by atoms with van der Waals surface area (Å²) in [6.07, 6.45) is 0.990. The maximum Gasteiger partial charge on any atom is 0.147 e. The lowest BCUT2D eigenvalue weighted by molar-refractivity contribution is 0.320. The number of imidazole rings is 1. The molecule has 0 fully saturated rings. The maximum atomic E-state index is 6.10. The van der Waals surface area contributed by atoms with Crippen LogP contribution in [0.2, 0.25) is 0 Å². The predicted molar refractivity (Wildman–Crippen MR) is 89.1 cm³/mol. The van der Waals surface area contributed by atoms with Crippen molar-refractivity contribution in [3.8, 4) is 5.75 Å². The number of nitrogens with zero attached hydrogens (tertiary/aromatic N) is 2. The molecule has 2 aromatic rings. The van der Waals surface area contributed by atoms with Crippen molar-refractivity contribution >= 4 is 22.6 Å². The summed E-state index contributed by atoms with van der Waals surface area (Å²) in [6, 6.07) is 6.12. The quantitative estimate of drug-likeness (QED) is 0.683. The van der Waals surface area contributed by atoms with Crippen LogP contribution in [0.4, 0.5) is 0 Å². The van der Waals surface area contributed by atoms with Crippen LogP contribution in [-0.4, -0.2) is 16.2 Å². The maximum absolute atomic E-state index is 6.10. The zero-order chi connectivity index (χ0) is 15.4. The summed E-state index contributed by atoms with van der Waals surface area (Å²) < 4.78 is 8.06. The van der Waals surface area contributed by atoms with Crippen molar-refractivity contribution in [1.29, 1.82) is 0 Å². The molecule has 0 aliphatic heterocycles. The third-order valence-electron chi connectivity index (χ3n) is 4.01.